The van der Waals surface area contributed by atoms with Crippen molar-refractivity contribution in [2.75, 3.05) is 0 Å². The highest BCUT2D eigenvalue weighted by Crippen LogP contribution is 2.39. The van der Waals surface area contributed by atoms with Gasteiger partial charge in [0.05, 0.1) is 0 Å². The maximum Gasteiger partial charge on any atom is 0.303 e. The lowest BCUT2D eigenvalue weighted by atomic mass is 9.93. The molecule has 19 heavy (non-hydrogen) atoms. The molecule has 1 aromatic carbocycles. The van der Waals surface area contributed by atoms with Crippen LogP contribution in [0.25, 0.3) is 0 Å². The Morgan fingerprint density at radius 1 is 1.16 bits per heavy atom. The molecular weight excluding hydrogens is 244 g/mol. The molecule has 2 aliphatic rings. The third kappa shape index (κ3) is 2.67. The Balaban J connectivity index is 1.76. The maximum atomic E-state index is 10.6. The summed E-state index contributed by atoms with van der Waals surface area (Å²) in [6, 6.07) is 5.74. The molecule has 1 saturated carbocycles. The summed E-state index contributed by atoms with van der Waals surface area (Å²) in [6.07, 6.45) is 5.52. The Labute approximate surface area is 112 Å². The van der Waals surface area contributed by atoms with Crippen LogP contribution in [0.1, 0.15) is 37.7 Å². The van der Waals surface area contributed by atoms with E-state index in [-0.39, 0.29) is 18.6 Å². The van der Waals surface area contributed by atoms with Crippen LogP contribution in [0.4, 0.5) is 0 Å². The monoisotopic (exact) mass is 262 g/mol. The van der Waals surface area contributed by atoms with E-state index >= 15 is 0 Å². The van der Waals surface area contributed by atoms with Gasteiger partial charge in [-0.25, -0.2) is 0 Å². The quantitative estimate of drug-likeness (QED) is 0.910. The summed E-state index contributed by atoms with van der Waals surface area (Å²) >= 11 is 0. The molecular formula is C15H18O4. The van der Waals surface area contributed by atoms with Gasteiger partial charge in [0.25, 0.3) is 0 Å². The van der Waals surface area contributed by atoms with Crippen molar-refractivity contribution in [3.8, 4) is 11.5 Å². The van der Waals surface area contributed by atoms with Crippen molar-refractivity contribution in [3.05, 3.63) is 23.8 Å². The normalized spacial score (nSPS) is 24.6. The Morgan fingerprint density at radius 2 is 1.84 bits per heavy atom. The molecule has 3 rings (SSSR count). The average Bonchev–Trinajstić information content (AvgIpc) is 2.42. The average molecular weight is 262 g/mol. The third-order valence-electron chi connectivity index (χ3n) is 3.83. The highest BCUT2D eigenvalue weighted by molar-refractivity contribution is 5.67. The molecule has 1 aromatic rings. The second-order valence-corrected chi connectivity index (χ2v) is 5.27. The van der Waals surface area contributed by atoms with Crippen molar-refractivity contribution in [3.63, 3.8) is 0 Å². The molecule has 1 N–H and O–H groups in total. The first kappa shape index (κ1) is 12.3. The van der Waals surface area contributed by atoms with Crippen LogP contribution in [0.3, 0.4) is 0 Å². The molecule has 1 aliphatic carbocycles. The fourth-order valence-electron chi connectivity index (χ4n) is 2.81. The number of benzene rings is 1. The van der Waals surface area contributed by atoms with Gasteiger partial charge >= 0.3 is 5.97 Å². The highest BCUT2D eigenvalue weighted by Gasteiger charge is 2.33. The van der Waals surface area contributed by atoms with Crippen LogP contribution < -0.4 is 9.47 Å². The van der Waals surface area contributed by atoms with Crippen LogP contribution in [0.15, 0.2) is 18.2 Å². The van der Waals surface area contributed by atoms with Gasteiger partial charge in [-0.15, -0.1) is 0 Å². The molecule has 1 heterocycles. The molecule has 0 saturated heterocycles. The minimum atomic E-state index is -0.776. The van der Waals surface area contributed by atoms with Crippen LogP contribution in [0.5, 0.6) is 11.5 Å². The van der Waals surface area contributed by atoms with Crippen LogP contribution in [0.2, 0.25) is 0 Å². The van der Waals surface area contributed by atoms with Crippen molar-refractivity contribution in [1.29, 1.82) is 0 Å². The third-order valence-corrected chi connectivity index (χ3v) is 3.83. The maximum absolute atomic E-state index is 10.6. The Morgan fingerprint density at radius 3 is 2.53 bits per heavy atom. The lowest BCUT2D eigenvalue weighted by Gasteiger charge is -2.37. The molecule has 1 aliphatic heterocycles. The predicted octanol–water partition coefficient (Wildman–Crippen LogP) is 2.79. The molecule has 0 spiro atoms. The molecule has 4 heteroatoms. The van der Waals surface area contributed by atoms with Gasteiger partial charge in [0, 0.05) is 6.42 Å². The van der Waals surface area contributed by atoms with Crippen LogP contribution in [-0.4, -0.2) is 23.3 Å². The second-order valence-electron chi connectivity index (χ2n) is 5.27. The first-order chi connectivity index (χ1) is 9.22. The highest BCUT2D eigenvalue weighted by atomic mass is 16.6. The fraction of sp³-hybridized carbons (Fsp3) is 0.533. The lowest BCUT2D eigenvalue weighted by molar-refractivity contribution is -0.136. The molecule has 0 amide bonds. The first-order valence-electron chi connectivity index (χ1n) is 6.90. The Hall–Kier alpha value is -1.71. The number of aliphatic carboxylic acids is 1. The molecule has 0 aromatic heterocycles. The summed E-state index contributed by atoms with van der Waals surface area (Å²) in [7, 11) is 0. The smallest absolute Gasteiger partial charge is 0.303 e. The zero-order valence-corrected chi connectivity index (χ0v) is 10.8. The van der Waals surface area contributed by atoms with Gasteiger partial charge < -0.3 is 14.6 Å². The van der Waals surface area contributed by atoms with Crippen molar-refractivity contribution in [2.45, 2.75) is 50.7 Å². The number of fused-ring (bicyclic) bond motifs is 2. The molecule has 0 radical (unpaired) electrons. The van der Waals surface area contributed by atoms with E-state index in [1.807, 2.05) is 18.2 Å². The van der Waals surface area contributed by atoms with E-state index in [1.54, 1.807) is 0 Å². The number of aryl methyl sites for hydroxylation is 1. The van der Waals surface area contributed by atoms with Gasteiger partial charge in [0.1, 0.15) is 12.2 Å². The molecule has 4 nitrogen and oxygen atoms in total. The zero-order chi connectivity index (χ0) is 13.2. The Kier molecular flexibility index (Phi) is 3.32. The summed E-state index contributed by atoms with van der Waals surface area (Å²) in [5.74, 6) is 0.787. The van der Waals surface area contributed by atoms with Gasteiger partial charge in [0.15, 0.2) is 11.5 Å². The van der Waals surface area contributed by atoms with Crippen molar-refractivity contribution < 1.29 is 19.4 Å². The van der Waals surface area contributed by atoms with E-state index in [9.17, 15) is 4.79 Å². The van der Waals surface area contributed by atoms with E-state index in [0.717, 1.165) is 29.9 Å². The molecule has 2 unspecified atom stereocenters. The number of carboxylic acid groups (broad SMARTS) is 1. The van der Waals surface area contributed by atoms with Crippen molar-refractivity contribution >= 4 is 5.97 Å². The van der Waals surface area contributed by atoms with Crippen LogP contribution in [-0.2, 0) is 11.2 Å². The van der Waals surface area contributed by atoms with Gasteiger partial charge in [-0.3, -0.25) is 4.79 Å². The number of hydrogen-bond donors (Lipinski definition) is 1. The largest absolute Gasteiger partial charge is 0.483 e. The standard InChI is InChI=1S/C15H18O4/c16-15(17)8-6-10-5-7-13-14(9-10)19-12-4-2-1-3-11(12)18-13/h5,7,9,11-12H,1-4,6,8H2,(H,16,17). The van der Waals surface area contributed by atoms with E-state index in [1.165, 1.54) is 12.8 Å². The van der Waals surface area contributed by atoms with E-state index < -0.39 is 5.97 Å². The SMILES string of the molecule is O=C(O)CCc1ccc2c(c1)OC1CCCCC1O2. The molecule has 0 bridgehead atoms. The van der Waals surface area contributed by atoms with E-state index in [2.05, 4.69) is 0 Å². The Bertz CT molecular complexity index is 483. The van der Waals surface area contributed by atoms with Crippen molar-refractivity contribution in [1.82, 2.24) is 0 Å². The lowest BCUT2D eigenvalue weighted by Crippen LogP contribution is -2.41. The van der Waals surface area contributed by atoms with Crippen LogP contribution >= 0.6 is 0 Å². The summed E-state index contributed by atoms with van der Waals surface area (Å²) in [6.45, 7) is 0. The summed E-state index contributed by atoms with van der Waals surface area (Å²) in [5, 5.41) is 8.71. The van der Waals surface area contributed by atoms with Gasteiger partial charge in [0.2, 0.25) is 0 Å². The second kappa shape index (κ2) is 5.11. The zero-order valence-electron chi connectivity index (χ0n) is 10.8. The van der Waals surface area contributed by atoms with Gasteiger partial charge in [-0.05, 0) is 49.8 Å². The summed E-state index contributed by atoms with van der Waals surface area (Å²) < 4.78 is 12.0. The number of hydrogen-bond acceptors (Lipinski definition) is 3. The van der Waals surface area contributed by atoms with Crippen LogP contribution in [0, 0.1) is 0 Å². The number of rotatable bonds is 3. The van der Waals surface area contributed by atoms with Gasteiger partial charge in [-0.1, -0.05) is 6.07 Å². The molecule has 102 valence electrons. The fourth-order valence-corrected chi connectivity index (χ4v) is 2.81. The summed E-state index contributed by atoms with van der Waals surface area (Å²) in [4.78, 5) is 10.6. The predicted molar refractivity (Wildman–Crippen MR) is 69.7 cm³/mol. The first-order valence-corrected chi connectivity index (χ1v) is 6.90. The minimum absolute atomic E-state index is 0.145. The minimum Gasteiger partial charge on any atom is -0.483 e. The number of ether oxygens (including phenoxy) is 2. The van der Waals surface area contributed by atoms with E-state index in [0.29, 0.717) is 6.42 Å². The molecule has 2 atom stereocenters. The van der Waals surface area contributed by atoms with Gasteiger partial charge in [-0.2, -0.15) is 0 Å². The van der Waals surface area contributed by atoms with E-state index in [4.69, 9.17) is 14.6 Å². The topological polar surface area (TPSA) is 55.8 Å². The number of carboxylic acids is 1. The summed E-state index contributed by atoms with van der Waals surface area (Å²) in [5.41, 5.74) is 0.985. The number of carbonyl (C=O) groups is 1. The van der Waals surface area contributed by atoms with Crippen molar-refractivity contribution in [2.24, 2.45) is 0 Å². The molecule has 1 fully saturated rings.